The molecule has 22 heavy (non-hydrogen) atoms. The smallest absolute Gasteiger partial charge is 0.373 e. The van der Waals surface area contributed by atoms with E-state index in [2.05, 4.69) is 25.9 Å². The Bertz CT molecular complexity index is 682. The Morgan fingerprint density at radius 2 is 2.00 bits per heavy atom. The van der Waals surface area contributed by atoms with Gasteiger partial charge in [-0.1, -0.05) is 25.4 Å². The lowest BCUT2D eigenvalue weighted by Crippen LogP contribution is -2.05. The molecule has 0 amide bonds. The molecule has 2 aromatic heterocycles. The van der Waals surface area contributed by atoms with E-state index in [9.17, 15) is 0 Å². The van der Waals surface area contributed by atoms with E-state index in [4.69, 9.17) is 25.9 Å². The second kappa shape index (κ2) is 8.68. The summed E-state index contributed by atoms with van der Waals surface area (Å²) < 4.78 is 8.09. The van der Waals surface area contributed by atoms with Gasteiger partial charge in [-0.25, -0.2) is 9.97 Å². The van der Waals surface area contributed by atoms with Crippen molar-refractivity contribution in [2.75, 3.05) is 7.11 Å². The molecule has 0 saturated heterocycles. The van der Waals surface area contributed by atoms with Crippen LogP contribution < -0.4 is 4.74 Å². The Hall–Kier alpha value is -1.69. The van der Waals surface area contributed by atoms with E-state index in [1.807, 2.05) is 24.5 Å². The third-order valence-electron chi connectivity index (χ3n) is 2.84. The average molecular weight is 389 g/mol. The molecular formula is C14H15BrClN3O3. The number of hydrogen-bond donors (Lipinski definition) is 0. The van der Waals surface area contributed by atoms with Crippen LogP contribution in [0.3, 0.4) is 0 Å². The van der Waals surface area contributed by atoms with E-state index < -0.39 is 0 Å². The summed E-state index contributed by atoms with van der Waals surface area (Å²) in [6.07, 6.45) is 3.54. The topological polar surface area (TPSA) is 74.1 Å². The monoisotopic (exact) mass is 387 g/mol. The molecule has 0 radical (unpaired) electrons. The molecule has 0 aromatic carbocycles. The zero-order valence-electron chi connectivity index (χ0n) is 12.4. The van der Waals surface area contributed by atoms with Gasteiger partial charge in [-0.05, 0) is 28.4 Å². The molecule has 0 fully saturated rings. The van der Waals surface area contributed by atoms with Gasteiger partial charge in [0.15, 0.2) is 11.6 Å². The van der Waals surface area contributed by atoms with E-state index in [-0.39, 0.29) is 6.15 Å². The Morgan fingerprint density at radius 3 is 2.50 bits per heavy atom. The van der Waals surface area contributed by atoms with Gasteiger partial charge in [0.25, 0.3) is 0 Å². The predicted molar refractivity (Wildman–Crippen MR) is 84.4 cm³/mol. The Labute approximate surface area is 141 Å². The van der Waals surface area contributed by atoms with E-state index in [0.717, 1.165) is 28.8 Å². The highest BCUT2D eigenvalue weighted by Gasteiger charge is 2.18. The lowest BCUT2D eigenvalue weighted by molar-refractivity contribution is -0.191. The second-order valence-corrected chi connectivity index (χ2v) is 5.34. The zero-order valence-corrected chi connectivity index (χ0v) is 14.7. The third kappa shape index (κ3) is 3.94. The molecule has 0 aliphatic rings. The molecule has 118 valence electrons. The minimum absolute atomic E-state index is 0.250. The summed E-state index contributed by atoms with van der Waals surface area (Å²) in [7, 11) is 1.62. The number of carbonyl (C=O) groups excluding carboxylic acids is 2. The number of methoxy groups -OCH3 is 1. The summed E-state index contributed by atoms with van der Waals surface area (Å²) in [6.45, 7) is 4.07. The summed E-state index contributed by atoms with van der Waals surface area (Å²) in [5.74, 6) is 2.21. The number of imidazole rings is 1. The van der Waals surface area contributed by atoms with E-state index >= 15 is 0 Å². The first kappa shape index (κ1) is 18.4. The standard InChI is InChI=1S/C13H15BrClN3O.CO2/c1-4-9-12(15)18(11(5-2)17-9)13-10(19-3)6-8(14)7-16-13;2-1-3/h6-7H,4-5H2,1-3H3;. The van der Waals surface area contributed by atoms with Crippen LogP contribution in [-0.2, 0) is 22.4 Å². The molecule has 0 spiro atoms. The van der Waals surface area contributed by atoms with Gasteiger partial charge in [0.2, 0.25) is 0 Å². The SMILES string of the molecule is CCc1nc(CC)n(-c2ncc(Br)cc2OC)c1Cl.O=C=O. The Kier molecular flexibility index (Phi) is 7.24. The molecule has 0 aliphatic heterocycles. The number of nitrogens with zero attached hydrogens (tertiary/aromatic N) is 3. The van der Waals surface area contributed by atoms with E-state index in [0.29, 0.717) is 16.7 Å². The first-order valence-electron chi connectivity index (χ1n) is 6.49. The summed E-state index contributed by atoms with van der Waals surface area (Å²) >= 11 is 9.79. The quantitative estimate of drug-likeness (QED) is 0.804. The normalized spacial score (nSPS) is 9.68. The van der Waals surface area contributed by atoms with Crippen LogP contribution >= 0.6 is 27.5 Å². The molecule has 6 nitrogen and oxygen atoms in total. The molecular weight excluding hydrogens is 374 g/mol. The fraction of sp³-hybridized carbons (Fsp3) is 0.357. The zero-order chi connectivity index (χ0) is 16.7. The van der Waals surface area contributed by atoms with Crippen LogP contribution in [0.5, 0.6) is 5.75 Å². The molecule has 0 unspecified atom stereocenters. The molecule has 0 N–H and O–H groups in total. The highest BCUT2D eigenvalue weighted by molar-refractivity contribution is 9.10. The number of aromatic nitrogens is 3. The highest BCUT2D eigenvalue weighted by atomic mass is 79.9. The second-order valence-electron chi connectivity index (χ2n) is 4.07. The van der Waals surface area contributed by atoms with Crippen LogP contribution in [0.2, 0.25) is 5.15 Å². The lowest BCUT2D eigenvalue weighted by Gasteiger charge is -2.11. The van der Waals surface area contributed by atoms with Gasteiger partial charge in [-0.3, -0.25) is 4.57 Å². The van der Waals surface area contributed by atoms with Crippen molar-refractivity contribution in [3.8, 4) is 11.6 Å². The van der Waals surface area contributed by atoms with Crippen LogP contribution in [0.25, 0.3) is 5.82 Å². The van der Waals surface area contributed by atoms with Crippen LogP contribution in [0.4, 0.5) is 0 Å². The predicted octanol–water partition coefficient (Wildman–Crippen LogP) is 3.23. The summed E-state index contributed by atoms with van der Waals surface area (Å²) in [6, 6.07) is 1.86. The van der Waals surface area contributed by atoms with Crippen molar-refractivity contribution < 1.29 is 14.3 Å². The molecule has 8 heteroatoms. The van der Waals surface area contributed by atoms with Crippen molar-refractivity contribution in [2.24, 2.45) is 0 Å². The first-order valence-corrected chi connectivity index (χ1v) is 7.66. The minimum atomic E-state index is 0.250. The van der Waals surface area contributed by atoms with Crippen molar-refractivity contribution in [1.29, 1.82) is 0 Å². The molecule has 0 atom stereocenters. The first-order chi connectivity index (χ1) is 10.5. The number of halogens is 2. The fourth-order valence-corrected chi connectivity index (χ4v) is 2.57. The summed E-state index contributed by atoms with van der Waals surface area (Å²) in [5.41, 5.74) is 0.880. The van der Waals surface area contributed by atoms with Gasteiger partial charge in [-0.2, -0.15) is 9.59 Å². The third-order valence-corrected chi connectivity index (χ3v) is 3.66. The Morgan fingerprint density at radius 1 is 1.36 bits per heavy atom. The number of aryl methyl sites for hydroxylation is 2. The number of ether oxygens (including phenoxy) is 1. The average Bonchev–Trinajstić information content (AvgIpc) is 2.84. The maximum atomic E-state index is 8.12. The molecule has 2 aromatic rings. The van der Waals surface area contributed by atoms with Crippen molar-refractivity contribution in [3.63, 3.8) is 0 Å². The molecule has 2 heterocycles. The molecule has 2 rings (SSSR count). The van der Waals surface area contributed by atoms with Crippen molar-refractivity contribution in [1.82, 2.24) is 14.5 Å². The van der Waals surface area contributed by atoms with Crippen LogP contribution in [0.15, 0.2) is 16.7 Å². The maximum Gasteiger partial charge on any atom is 0.373 e. The molecule has 0 aliphatic carbocycles. The van der Waals surface area contributed by atoms with Gasteiger partial charge < -0.3 is 4.74 Å². The lowest BCUT2D eigenvalue weighted by atomic mass is 10.3. The number of rotatable bonds is 4. The Balaban J connectivity index is 0.000000745. The highest BCUT2D eigenvalue weighted by Crippen LogP contribution is 2.30. The van der Waals surface area contributed by atoms with E-state index in [1.165, 1.54) is 0 Å². The van der Waals surface area contributed by atoms with Crippen LogP contribution in [-0.4, -0.2) is 27.8 Å². The largest absolute Gasteiger partial charge is 0.493 e. The van der Waals surface area contributed by atoms with Crippen molar-refractivity contribution >= 4 is 33.7 Å². The number of hydrogen-bond acceptors (Lipinski definition) is 5. The number of pyridine rings is 1. The van der Waals surface area contributed by atoms with Crippen molar-refractivity contribution in [2.45, 2.75) is 26.7 Å². The maximum absolute atomic E-state index is 8.12. The van der Waals surface area contributed by atoms with E-state index in [1.54, 1.807) is 13.3 Å². The van der Waals surface area contributed by atoms with Crippen LogP contribution in [0.1, 0.15) is 25.4 Å². The fourth-order valence-electron chi connectivity index (χ4n) is 1.90. The minimum Gasteiger partial charge on any atom is -0.493 e. The van der Waals surface area contributed by atoms with Gasteiger partial charge in [0, 0.05) is 17.1 Å². The van der Waals surface area contributed by atoms with Gasteiger partial charge in [0.1, 0.15) is 11.0 Å². The summed E-state index contributed by atoms with van der Waals surface area (Å²) in [4.78, 5) is 25.2. The van der Waals surface area contributed by atoms with Crippen LogP contribution in [0, 0.1) is 0 Å². The van der Waals surface area contributed by atoms with Crippen molar-refractivity contribution in [3.05, 3.63) is 33.4 Å². The van der Waals surface area contributed by atoms with Gasteiger partial charge >= 0.3 is 6.15 Å². The molecule has 0 saturated carbocycles. The van der Waals surface area contributed by atoms with Gasteiger partial charge in [-0.15, -0.1) is 0 Å². The summed E-state index contributed by atoms with van der Waals surface area (Å²) in [5, 5.41) is 0.604. The van der Waals surface area contributed by atoms with Gasteiger partial charge in [0.05, 0.1) is 12.8 Å². The molecule has 0 bridgehead atoms.